The van der Waals surface area contributed by atoms with E-state index in [-0.39, 0.29) is 29.2 Å². The van der Waals surface area contributed by atoms with Crippen LogP contribution in [-0.2, 0) is 13.9 Å². The molecule has 1 saturated heterocycles. The first-order valence-corrected chi connectivity index (χ1v) is 14.7. The minimum Gasteiger partial charge on any atom is -0.409 e. The fraction of sp³-hybridized carbons (Fsp3) is 0.480. The Morgan fingerprint density at radius 3 is 2.59 bits per heavy atom. The monoisotopic (exact) mass is 479 g/mol. The minimum absolute atomic E-state index is 0.0435. The molecule has 9 heteroatoms. The van der Waals surface area contributed by atoms with Gasteiger partial charge in [-0.3, -0.25) is 0 Å². The number of nitrogens with zero attached hydrogens (tertiary/aromatic N) is 4. The molecule has 2 aliphatic rings. The topological polar surface area (TPSA) is 97.3 Å². The number of nitrogens with two attached hydrogens (primary N) is 1. The number of fused-ring (bicyclic) bond motifs is 2. The summed E-state index contributed by atoms with van der Waals surface area (Å²) in [6.07, 6.45) is 6.76. The summed E-state index contributed by atoms with van der Waals surface area (Å²) in [5, 5.41) is 0.0435. The molecule has 5 atom stereocenters. The van der Waals surface area contributed by atoms with Crippen molar-refractivity contribution < 1.29 is 13.9 Å². The molecule has 8 nitrogen and oxygen atoms in total. The Kier molecular flexibility index (Phi) is 5.84. The van der Waals surface area contributed by atoms with Crippen molar-refractivity contribution >= 4 is 25.3 Å². The number of rotatable bonds is 4. The van der Waals surface area contributed by atoms with E-state index in [1.165, 1.54) is 6.33 Å². The molecule has 2 N–H and O–H groups in total. The highest BCUT2D eigenvalue weighted by Crippen LogP contribution is 2.44. The third-order valence-electron chi connectivity index (χ3n) is 7.38. The fourth-order valence-corrected chi connectivity index (χ4v) is 5.71. The zero-order chi connectivity index (χ0) is 24.1. The number of benzene rings is 1. The average Bonchev–Trinajstić information content (AvgIpc) is 3.24. The van der Waals surface area contributed by atoms with Gasteiger partial charge in [0.25, 0.3) is 0 Å². The molecule has 3 aromatic rings. The van der Waals surface area contributed by atoms with Crippen LogP contribution in [0.15, 0.2) is 55.1 Å². The van der Waals surface area contributed by atoms with Crippen molar-refractivity contribution in [3.63, 3.8) is 0 Å². The van der Waals surface area contributed by atoms with Gasteiger partial charge in [0, 0.05) is 11.5 Å². The van der Waals surface area contributed by atoms with E-state index < -0.39 is 14.6 Å². The number of nitrogen functional groups attached to an aromatic ring is 1. The zero-order valence-corrected chi connectivity index (χ0v) is 21.4. The molecule has 1 aliphatic heterocycles. The molecule has 0 spiro atoms. The molecule has 1 unspecified atom stereocenters. The molecule has 0 saturated carbocycles. The minimum atomic E-state index is -2.15. The highest BCUT2D eigenvalue weighted by Gasteiger charge is 2.48. The highest BCUT2D eigenvalue weighted by molar-refractivity contribution is 6.74. The standard InChI is InChI=1S/C25H33N5O3Si/c1-25(2,3)34(4,5)33-21-18(30-15-29-19-22(26)27-14-28-23(19)30)12-11-17-13-31-24(32-20(17)21)16-9-7-6-8-10-16/h6-12,14-15,17-18,20-21,24H,13H2,1-5H3,(H2,26,27,28)/t17-,18-,20-,21-,24?/m1/s1. The molecule has 2 aromatic heterocycles. The zero-order valence-electron chi connectivity index (χ0n) is 20.4. The molecule has 34 heavy (non-hydrogen) atoms. The number of aromatic nitrogens is 4. The Morgan fingerprint density at radius 2 is 1.85 bits per heavy atom. The number of imidazole rings is 1. The third-order valence-corrected chi connectivity index (χ3v) is 11.8. The van der Waals surface area contributed by atoms with E-state index in [0.717, 1.165) is 5.56 Å². The van der Waals surface area contributed by atoms with Crippen molar-refractivity contribution in [2.45, 2.75) is 63.4 Å². The van der Waals surface area contributed by atoms with Crippen molar-refractivity contribution in [1.82, 2.24) is 19.5 Å². The Bertz CT molecular complexity index is 1190. The molecule has 180 valence electrons. The Morgan fingerprint density at radius 1 is 1.09 bits per heavy atom. The molecular formula is C25H33N5O3Si. The second-order valence-corrected chi connectivity index (χ2v) is 15.4. The number of anilines is 1. The van der Waals surface area contributed by atoms with E-state index in [4.69, 9.17) is 19.6 Å². The number of ether oxygens (including phenoxy) is 2. The lowest BCUT2D eigenvalue weighted by molar-refractivity contribution is -0.257. The smallest absolute Gasteiger partial charge is 0.192 e. The SMILES string of the molecule is CC(C)(C)[Si](C)(C)O[C@H]1[C@@H]2OC(c3ccccc3)OC[C@H]2C=C[C@H]1n1cnc2c(N)ncnc21. The predicted molar refractivity (Wildman–Crippen MR) is 133 cm³/mol. The summed E-state index contributed by atoms with van der Waals surface area (Å²) in [5.74, 6) is 0.468. The van der Waals surface area contributed by atoms with Gasteiger partial charge in [-0.2, -0.15) is 0 Å². The lowest BCUT2D eigenvalue weighted by Gasteiger charge is -2.48. The average molecular weight is 480 g/mol. The normalized spacial score (nSPS) is 27.6. The van der Waals surface area contributed by atoms with Gasteiger partial charge in [0.2, 0.25) is 0 Å². The molecule has 1 fully saturated rings. The quantitative estimate of drug-likeness (QED) is 0.430. The lowest BCUT2D eigenvalue weighted by atomic mass is 9.86. The van der Waals surface area contributed by atoms with Crippen LogP contribution in [0.3, 0.4) is 0 Å². The molecule has 5 rings (SSSR count). The van der Waals surface area contributed by atoms with E-state index in [2.05, 4.69) is 61.0 Å². The van der Waals surface area contributed by atoms with Gasteiger partial charge in [-0.15, -0.1) is 0 Å². The van der Waals surface area contributed by atoms with Crippen LogP contribution in [0.2, 0.25) is 18.1 Å². The van der Waals surface area contributed by atoms with Gasteiger partial charge in [-0.25, -0.2) is 15.0 Å². The summed E-state index contributed by atoms with van der Waals surface area (Å²) in [5.41, 5.74) is 8.36. The molecule has 0 amide bonds. The summed E-state index contributed by atoms with van der Waals surface area (Å²) in [6.45, 7) is 11.9. The van der Waals surface area contributed by atoms with E-state index in [1.54, 1.807) is 6.33 Å². The largest absolute Gasteiger partial charge is 0.409 e. The van der Waals surface area contributed by atoms with Gasteiger partial charge in [0.05, 0.1) is 31.2 Å². The molecule has 3 heterocycles. The van der Waals surface area contributed by atoms with Gasteiger partial charge in [0.1, 0.15) is 11.8 Å². The Hall–Kier alpha value is -2.59. The highest BCUT2D eigenvalue weighted by atomic mass is 28.4. The maximum Gasteiger partial charge on any atom is 0.192 e. The number of hydrogen-bond acceptors (Lipinski definition) is 7. The van der Waals surface area contributed by atoms with Crippen LogP contribution in [0, 0.1) is 5.92 Å². The van der Waals surface area contributed by atoms with Gasteiger partial charge in [-0.05, 0) is 18.1 Å². The van der Waals surface area contributed by atoms with Crippen LogP contribution < -0.4 is 5.73 Å². The molecular weight excluding hydrogens is 446 g/mol. The van der Waals surface area contributed by atoms with E-state index in [1.807, 2.05) is 34.9 Å². The second kappa shape index (κ2) is 8.57. The predicted octanol–water partition coefficient (Wildman–Crippen LogP) is 4.64. The Labute approximate surface area is 201 Å². The van der Waals surface area contributed by atoms with Crippen molar-refractivity contribution in [1.29, 1.82) is 0 Å². The molecule has 1 aromatic carbocycles. The fourth-order valence-electron chi connectivity index (χ4n) is 4.40. The van der Waals surface area contributed by atoms with Crippen LogP contribution in [0.5, 0.6) is 0 Å². The maximum atomic E-state index is 7.10. The Balaban J connectivity index is 1.56. The van der Waals surface area contributed by atoms with Gasteiger partial charge in [0.15, 0.2) is 26.1 Å². The molecule has 0 bridgehead atoms. The van der Waals surface area contributed by atoms with E-state index in [0.29, 0.717) is 23.6 Å². The molecule has 0 radical (unpaired) electrons. The summed E-state index contributed by atoms with van der Waals surface area (Å²) < 4.78 is 21.9. The summed E-state index contributed by atoms with van der Waals surface area (Å²) in [7, 11) is -2.15. The van der Waals surface area contributed by atoms with Crippen LogP contribution in [0.4, 0.5) is 5.82 Å². The summed E-state index contributed by atoms with van der Waals surface area (Å²) in [6, 6.07) is 9.92. The number of hydrogen-bond donors (Lipinski definition) is 1. The summed E-state index contributed by atoms with van der Waals surface area (Å²) >= 11 is 0. The van der Waals surface area contributed by atoms with Crippen molar-refractivity contribution in [2.24, 2.45) is 5.92 Å². The first kappa shape index (κ1) is 23.2. The van der Waals surface area contributed by atoms with Gasteiger partial charge in [-0.1, -0.05) is 63.3 Å². The van der Waals surface area contributed by atoms with Crippen LogP contribution in [-0.4, -0.2) is 46.7 Å². The second-order valence-electron chi connectivity index (χ2n) is 10.6. The lowest BCUT2D eigenvalue weighted by Crippen LogP contribution is -2.55. The first-order chi connectivity index (χ1) is 16.2. The van der Waals surface area contributed by atoms with Crippen LogP contribution in [0.1, 0.15) is 38.7 Å². The van der Waals surface area contributed by atoms with E-state index in [9.17, 15) is 0 Å². The van der Waals surface area contributed by atoms with Gasteiger partial charge >= 0.3 is 0 Å². The van der Waals surface area contributed by atoms with Crippen LogP contribution in [0.25, 0.3) is 11.2 Å². The van der Waals surface area contributed by atoms with Crippen molar-refractivity contribution in [3.05, 3.63) is 60.7 Å². The van der Waals surface area contributed by atoms with Crippen molar-refractivity contribution in [2.75, 3.05) is 12.3 Å². The summed E-state index contributed by atoms with van der Waals surface area (Å²) in [4.78, 5) is 13.1. The first-order valence-electron chi connectivity index (χ1n) is 11.8. The molecule has 1 aliphatic carbocycles. The van der Waals surface area contributed by atoms with Crippen LogP contribution >= 0.6 is 0 Å². The van der Waals surface area contributed by atoms with Crippen molar-refractivity contribution in [3.8, 4) is 0 Å². The van der Waals surface area contributed by atoms with E-state index >= 15 is 0 Å². The third kappa shape index (κ3) is 4.06. The maximum absolute atomic E-state index is 7.10. The van der Waals surface area contributed by atoms with Gasteiger partial charge < -0.3 is 24.2 Å².